The zero-order chi connectivity index (χ0) is 11.5. The van der Waals surface area contributed by atoms with Gasteiger partial charge in [0.05, 0.1) is 0 Å². The number of nitrogens with zero attached hydrogens (tertiary/aromatic N) is 1. The Bertz CT molecular complexity index is 290. The molecule has 16 heavy (non-hydrogen) atoms. The molecule has 1 saturated heterocycles. The lowest BCUT2D eigenvalue weighted by atomic mass is 10.2. The molecule has 0 spiro atoms. The van der Waals surface area contributed by atoms with E-state index in [0.29, 0.717) is 13.0 Å². The highest BCUT2D eigenvalue weighted by Crippen LogP contribution is 2.33. The van der Waals surface area contributed by atoms with Crippen molar-refractivity contribution in [1.82, 2.24) is 5.48 Å². The van der Waals surface area contributed by atoms with Crippen LogP contribution in [0.4, 0.5) is 0 Å². The van der Waals surface area contributed by atoms with Gasteiger partial charge in [0.15, 0.2) is 6.29 Å². The van der Waals surface area contributed by atoms with E-state index in [4.69, 9.17) is 9.57 Å². The van der Waals surface area contributed by atoms with Crippen LogP contribution in [0.5, 0.6) is 0 Å². The molecule has 1 heterocycles. The largest absolute Gasteiger partial charge is 0.350 e. The number of hydrogen-bond donors (Lipinski definition) is 1. The molecule has 2 rings (SSSR count). The molecule has 0 aromatic carbocycles. The summed E-state index contributed by atoms with van der Waals surface area (Å²) in [6.07, 6.45) is 2.63. The maximum absolute atomic E-state index is 11.4. The number of carbonyl (C=O) groups excluding carboxylic acids is 1. The summed E-state index contributed by atoms with van der Waals surface area (Å²) in [4.78, 5) is 26.3. The molecule has 1 saturated carbocycles. The first kappa shape index (κ1) is 11.3. The molecule has 90 valence electrons. The smallest absolute Gasteiger partial charge is 0.253 e. The van der Waals surface area contributed by atoms with Gasteiger partial charge in [0.1, 0.15) is 5.92 Å². The maximum atomic E-state index is 11.4. The average molecular weight is 230 g/mol. The van der Waals surface area contributed by atoms with Crippen molar-refractivity contribution in [2.24, 2.45) is 5.92 Å². The minimum atomic E-state index is -0.740. The molecule has 2 fully saturated rings. The van der Waals surface area contributed by atoms with Crippen LogP contribution < -0.4 is 5.48 Å². The minimum absolute atomic E-state index is 0.299. The number of hydroxylamine groups is 1. The van der Waals surface area contributed by atoms with Crippen LogP contribution in [0.25, 0.3) is 0 Å². The van der Waals surface area contributed by atoms with Gasteiger partial charge in [-0.3, -0.25) is 14.9 Å². The molecule has 7 heteroatoms. The molecule has 0 aromatic heterocycles. The van der Waals surface area contributed by atoms with Gasteiger partial charge in [0.2, 0.25) is 6.04 Å². The van der Waals surface area contributed by atoms with Crippen LogP contribution in [0.15, 0.2) is 0 Å². The van der Waals surface area contributed by atoms with Crippen molar-refractivity contribution in [3.8, 4) is 0 Å². The number of rotatable bonds is 4. The van der Waals surface area contributed by atoms with E-state index in [2.05, 4.69) is 5.48 Å². The normalized spacial score (nSPS) is 33.1. The summed E-state index contributed by atoms with van der Waals surface area (Å²) in [7, 11) is 0. The number of ether oxygens (including phenoxy) is 1. The Morgan fingerprint density at radius 1 is 1.50 bits per heavy atom. The summed E-state index contributed by atoms with van der Waals surface area (Å²) >= 11 is 0. The Balaban J connectivity index is 1.66. The number of carbonyl (C=O) groups is 1. The van der Waals surface area contributed by atoms with Crippen LogP contribution in [0.2, 0.25) is 0 Å². The lowest BCUT2D eigenvalue weighted by Gasteiger charge is -2.21. The minimum Gasteiger partial charge on any atom is -0.350 e. The van der Waals surface area contributed by atoms with Crippen molar-refractivity contribution in [3.05, 3.63) is 10.1 Å². The number of hydrogen-bond acceptors (Lipinski definition) is 5. The zero-order valence-corrected chi connectivity index (χ0v) is 8.76. The van der Waals surface area contributed by atoms with Gasteiger partial charge in [-0.25, -0.2) is 10.3 Å². The van der Waals surface area contributed by atoms with Crippen LogP contribution in [-0.2, 0) is 14.4 Å². The molecule has 3 atom stereocenters. The summed E-state index contributed by atoms with van der Waals surface area (Å²) < 4.78 is 5.23. The molecule has 1 aliphatic carbocycles. The fourth-order valence-electron chi connectivity index (χ4n) is 1.70. The zero-order valence-electron chi connectivity index (χ0n) is 8.76. The van der Waals surface area contributed by atoms with Gasteiger partial charge in [-0.05, 0) is 12.8 Å². The molecule has 2 aliphatic rings. The number of amides is 1. The molecule has 0 unspecified atom stereocenters. The average Bonchev–Trinajstić information content (AvgIpc) is 3.07. The van der Waals surface area contributed by atoms with E-state index in [0.717, 1.165) is 19.3 Å². The van der Waals surface area contributed by atoms with E-state index in [1.807, 2.05) is 0 Å². The maximum Gasteiger partial charge on any atom is 0.253 e. The molecular weight excluding hydrogens is 216 g/mol. The lowest BCUT2D eigenvalue weighted by molar-refractivity contribution is -0.497. The third-order valence-electron chi connectivity index (χ3n) is 2.79. The van der Waals surface area contributed by atoms with Crippen molar-refractivity contribution in [2.75, 3.05) is 6.61 Å². The predicted molar refractivity (Wildman–Crippen MR) is 51.7 cm³/mol. The van der Waals surface area contributed by atoms with E-state index >= 15 is 0 Å². The van der Waals surface area contributed by atoms with Crippen molar-refractivity contribution < 1.29 is 19.3 Å². The summed E-state index contributed by atoms with van der Waals surface area (Å²) in [6.45, 7) is 0.626. The van der Waals surface area contributed by atoms with Crippen LogP contribution in [0.1, 0.15) is 25.7 Å². The molecule has 0 bridgehead atoms. The van der Waals surface area contributed by atoms with Crippen LogP contribution >= 0.6 is 0 Å². The Morgan fingerprint density at radius 2 is 2.31 bits per heavy atom. The molecule has 1 aliphatic heterocycles. The van der Waals surface area contributed by atoms with Crippen molar-refractivity contribution in [3.63, 3.8) is 0 Å². The Hall–Kier alpha value is -1.21. The summed E-state index contributed by atoms with van der Waals surface area (Å²) in [5, 5.41) is 10.3. The van der Waals surface area contributed by atoms with Gasteiger partial charge in [-0.1, -0.05) is 0 Å². The van der Waals surface area contributed by atoms with Crippen molar-refractivity contribution in [2.45, 2.75) is 38.0 Å². The standard InChI is InChI=1S/C9H14N2O5/c12-9(6-5-7(6)11(13)14)10-16-8-3-1-2-4-15-8/h6-8H,1-5H2,(H,10,12)/t6-,7-,8+/m0/s1. The Kier molecular flexibility index (Phi) is 3.35. The van der Waals surface area contributed by atoms with E-state index in [1.54, 1.807) is 0 Å². The van der Waals surface area contributed by atoms with Crippen LogP contribution in [0.3, 0.4) is 0 Å². The molecular formula is C9H14N2O5. The number of nitro groups is 1. The molecule has 7 nitrogen and oxygen atoms in total. The number of nitrogens with one attached hydrogen (secondary N) is 1. The van der Waals surface area contributed by atoms with E-state index in [1.165, 1.54) is 0 Å². The highest BCUT2D eigenvalue weighted by molar-refractivity contribution is 5.80. The van der Waals surface area contributed by atoms with E-state index < -0.39 is 29.1 Å². The Morgan fingerprint density at radius 3 is 2.88 bits per heavy atom. The molecule has 0 aromatic rings. The summed E-state index contributed by atoms with van der Waals surface area (Å²) in [5.41, 5.74) is 2.23. The van der Waals surface area contributed by atoms with Gasteiger partial charge in [-0.15, -0.1) is 0 Å². The first-order valence-corrected chi connectivity index (χ1v) is 5.39. The van der Waals surface area contributed by atoms with Crippen molar-refractivity contribution >= 4 is 5.91 Å². The second kappa shape index (κ2) is 4.75. The summed E-state index contributed by atoms with van der Waals surface area (Å²) in [6, 6.07) is -0.740. The highest BCUT2D eigenvalue weighted by Gasteiger charge is 2.53. The van der Waals surface area contributed by atoms with Gasteiger partial charge < -0.3 is 4.74 Å². The third-order valence-corrected chi connectivity index (χ3v) is 2.79. The SMILES string of the molecule is O=C(NO[C@@H]1CCCCO1)[C@H]1C[C@@H]1[N+](=O)[O-]. The molecule has 1 N–H and O–H groups in total. The molecule has 1 amide bonds. The topological polar surface area (TPSA) is 90.7 Å². The highest BCUT2D eigenvalue weighted by atomic mass is 16.8. The van der Waals surface area contributed by atoms with Gasteiger partial charge in [0, 0.05) is 24.4 Å². The first-order chi connectivity index (χ1) is 7.68. The fraction of sp³-hybridized carbons (Fsp3) is 0.889. The fourth-order valence-corrected chi connectivity index (χ4v) is 1.70. The van der Waals surface area contributed by atoms with Gasteiger partial charge in [-0.2, -0.15) is 0 Å². The first-order valence-electron chi connectivity index (χ1n) is 5.39. The van der Waals surface area contributed by atoms with Gasteiger partial charge in [0.25, 0.3) is 5.91 Å². The lowest BCUT2D eigenvalue weighted by Crippen LogP contribution is -2.34. The van der Waals surface area contributed by atoms with Crippen molar-refractivity contribution in [1.29, 1.82) is 0 Å². The quantitative estimate of drug-likeness (QED) is 0.551. The van der Waals surface area contributed by atoms with E-state index in [-0.39, 0.29) is 0 Å². The summed E-state index contributed by atoms with van der Waals surface area (Å²) in [5.74, 6) is -0.963. The monoisotopic (exact) mass is 230 g/mol. The Labute approximate surface area is 92.2 Å². The van der Waals surface area contributed by atoms with E-state index in [9.17, 15) is 14.9 Å². The predicted octanol–water partition coefficient (Wildman–Crippen LogP) is 0.226. The van der Waals surface area contributed by atoms with Crippen LogP contribution in [-0.4, -0.2) is 29.8 Å². The van der Waals surface area contributed by atoms with Gasteiger partial charge >= 0.3 is 0 Å². The second-order valence-corrected chi connectivity index (χ2v) is 4.08. The van der Waals surface area contributed by atoms with Crippen LogP contribution in [0, 0.1) is 16.0 Å². The molecule has 0 radical (unpaired) electrons. The third kappa shape index (κ3) is 2.67. The second-order valence-electron chi connectivity index (χ2n) is 4.08.